The molecule has 1 saturated carbocycles. The van der Waals surface area contributed by atoms with Crippen molar-refractivity contribution in [2.45, 2.75) is 45.0 Å². The first kappa shape index (κ1) is 17.0. The Balaban J connectivity index is 2.03. The van der Waals surface area contributed by atoms with Gasteiger partial charge in [-0.3, -0.25) is 4.79 Å². The van der Waals surface area contributed by atoms with E-state index in [0.717, 1.165) is 5.56 Å². The van der Waals surface area contributed by atoms with Crippen LogP contribution in [-0.4, -0.2) is 33.6 Å². The molecular weight excluding hydrogens is 321 g/mol. The minimum absolute atomic E-state index is 0.0391. The molecule has 4 nitrogen and oxygen atoms in total. The van der Waals surface area contributed by atoms with Gasteiger partial charge in [0.05, 0.1) is 5.92 Å². The Morgan fingerprint density at radius 3 is 2.54 bits per heavy atom. The van der Waals surface area contributed by atoms with Crippen molar-refractivity contribution < 1.29 is 23.1 Å². The molecule has 1 aromatic carbocycles. The Hall–Kier alpha value is -1.89. The van der Waals surface area contributed by atoms with E-state index in [-0.39, 0.29) is 28.6 Å². The Bertz CT molecular complexity index is 684. The van der Waals surface area contributed by atoms with Crippen molar-refractivity contribution >= 4 is 11.6 Å². The number of aliphatic hydroxyl groups is 1. The summed E-state index contributed by atoms with van der Waals surface area (Å²) in [7, 11) is 0. The summed E-state index contributed by atoms with van der Waals surface area (Å²) in [6.07, 6.45) is -3.76. The van der Waals surface area contributed by atoms with E-state index in [4.69, 9.17) is 0 Å². The first-order valence-electron chi connectivity index (χ1n) is 7.92. The standard InChI is InChI=1S/C17H19F3N2O2/c1-10-3-6-12(7-4-10)15(23)22-16(24,17(18,19)20)13-9-11(2)5-8-14(13)21-22/h3-4,6-7,11,13,24H,5,8-9H2,1-2H3/t11-,13-,16-/m0/s1. The lowest BCUT2D eigenvalue weighted by molar-refractivity contribution is -0.313. The zero-order chi connectivity index (χ0) is 17.7. The molecule has 1 aliphatic carbocycles. The minimum atomic E-state index is -4.99. The average Bonchev–Trinajstić information content (AvgIpc) is 2.81. The van der Waals surface area contributed by atoms with E-state index in [1.54, 1.807) is 12.1 Å². The molecule has 130 valence electrons. The summed E-state index contributed by atoms with van der Waals surface area (Å²) < 4.78 is 41.1. The molecular formula is C17H19F3N2O2. The van der Waals surface area contributed by atoms with Gasteiger partial charge in [-0.25, -0.2) is 0 Å². The van der Waals surface area contributed by atoms with Crippen molar-refractivity contribution in [2.24, 2.45) is 16.9 Å². The van der Waals surface area contributed by atoms with E-state index in [1.807, 2.05) is 13.8 Å². The van der Waals surface area contributed by atoms with Gasteiger partial charge in [0.25, 0.3) is 11.6 Å². The second kappa shape index (κ2) is 5.58. The maximum Gasteiger partial charge on any atom is 0.439 e. The molecule has 0 radical (unpaired) electrons. The third-order valence-corrected chi connectivity index (χ3v) is 4.88. The van der Waals surface area contributed by atoms with Crippen LogP contribution >= 0.6 is 0 Å². The highest BCUT2D eigenvalue weighted by Gasteiger charge is 2.68. The summed E-state index contributed by atoms with van der Waals surface area (Å²) in [6.45, 7) is 3.66. The number of benzene rings is 1. The van der Waals surface area contributed by atoms with Gasteiger partial charge in [0, 0.05) is 11.3 Å². The second-order valence-electron chi connectivity index (χ2n) is 6.73. The van der Waals surface area contributed by atoms with Crippen LogP contribution in [0.5, 0.6) is 0 Å². The monoisotopic (exact) mass is 340 g/mol. The molecule has 3 atom stereocenters. The third kappa shape index (κ3) is 2.51. The fourth-order valence-corrected chi connectivity index (χ4v) is 3.43. The van der Waals surface area contributed by atoms with Gasteiger partial charge in [-0.2, -0.15) is 23.3 Å². The third-order valence-electron chi connectivity index (χ3n) is 4.88. The average molecular weight is 340 g/mol. The predicted octanol–water partition coefficient (Wildman–Crippen LogP) is 3.49. The number of hydrogen-bond donors (Lipinski definition) is 1. The molecule has 2 aliphatic rings. The topological polar surface area (TPSA) is 52.9 Å². The number of amides is 1. The zero-order valence-corrected chi connectivity index (χ0v) is 13.5. The van der Waals surface area contributed by atoms with Gasteiger partial charge in [-0.05, 0) is 44.2 Å². The van der Waals surface area contributed by atoms with E-state index in [9.17, 15) is 23.1 Å². The molecule has 0 bridgehead atoms. The number of alkyl halides is 3. The fourth-order valence-electron chi connectivity index (χ4n) is 3.43. The molecule has 0 saturated heterocycles. The van der Waals surface area contributed by atoms with Crippen molar-refractivity contribution in [3.05, 3.63) is 35.4 Å². The lowest BCUT2D eigenvalue weighted by Gasteiger charge is -2.39. The van der Waals surface area contributed by atoms with Crippen molar-refractivity contribution in [2.75, 3.05) is 0 Å². The number of nitrogens with zero attached hydrogens (tertiary/aromatic N) is 2. The SMILES string of the molecule is Cc1ccc(C(=O)N2N=C3CC[C@H](C)C[C@@H]3[C@]2(O)C(F)(F)F)cc1. The van der Waals surface area contributed by atoms with Gasteiger partial charge in [0.2, 0.25) is 0 Å². The summed E-state index contributed by atoms with van der Waals surface area (Å²) in [5.74, 6) is -2.10. The molecule has 0 unspecified atom stereocenters. The van der Waals surface area contributed by atoms with Crippen LogP contribution in [0.3, 0.4) is 0 Å². The van der Waals surface area contributed by atoms with Crippen LogP contribution < -0.4 is 0 Å². The highest BCUT2D eigenvalue weighted by atomic mass is 19.4. The number of aryl methyl sites for hydroxylation is 1. The second-order valence-corrected chi connectivity index (χ2v) is 6.73. The van der Waals surface area contributed by atoms with Crippen LogP contribution in [0.4, 0.5) is 13.2 Å². The number of halogens is 3. The first-order valence-corrected chi connectivity index (χ1v) is 7.92. The van der Waals surface area contributed by atoms with Gasteiger partial charge < -0.3 is 5.11 Å². The first-order chi connectivity index (χ1) is 11.1. The van der Waals surface area contributed by atoms with E-state index in [0.29, 0.717) is 12.8 Å². The largest absolute Gasteiger partial charge is 0.439 e. The molecule has 1 fully saturated rings. The molecule has 1 N–H and O–H groups in total. The molecule has 7 heteroatoms. The summed E-state index contributed by atoms with van der Waals surface area (Å²) in [6, 6.07) is 6.16. The molecule has 24 heavy (non-hydrogen) atoms. The number of hydrogen-bond acceptors (Lipinski definition) is 3. The maximum atomic E-state index is 13.7. The maximum absolute atomic E-state index is 13.7. The molecule has 1 amide bonds. The minimum Gasteiger partial charge on any atom is -0.362 e. The quantitative estimate of drug-likeness (QED) is 0.851. The Labute approximate surface area is 138 Å². The van der Waals surface area contributed by atoms with Crippen LogP contribution in [-0.2, 0) is 0 Å². The van der Waals surface area contributed by atoms with Crippen molar-refractivity contribution in [1.82, 2.24) is 5.01 Å². The Morgan fingerprint density at radius 2 is 1.96 bits per heavy atom. The number of rotatable bonds is 1. The molecule has 3 rings (SSSR count). The smallest absolute Gasteiger partial charge is 0.362 e. The van der Waals surface area contributed by atoms with E-state index in [2.05, 4.69) is 5.10 Å². The Kier molecular flexibility index (Phi) is 3.94. The predicted molar refractivity (Wildman–Crippen MR) is 82.3 cm³/mol. The summed E-state index contributed by atoms with van der Waals surface area (Å²) in [5, 5.41) is 14.7. The number of hydrazone groups is 1. The lowest BCUT2D eigenvalue weighted by Crippen LogP contribution is -2.61. The van der Waals surface area contributed by atoms with Crippen LogP contribution in [0.15, 0.2) is 29.4 Å². The van der Waals surface area contributed by atoms with Crippen molar-refractivity contribution in [3.63, 3.8) is 0 Å². The highest BCUT2D eigenvalue weighted by Crippen LogP contribution is 2.49. The molecule has 0 spiro atoms. The highest BCUT2D eigenvalue weighted by molar-refractivity contribution is 5.99. The fraction of sp³-hybridized carbons (Fsp3) is 0.529. The van der Waals surface area contributed by atoms with Crippen LogP contribution in [0.1, 0.15) is 42.1 Å². The number of carbonyl (C=O) groups is 1. The van der Waals surface area contributed by atoms with Crippen LogP contribution in [0.2, 0.25) is 0 Å². The van der Waals surface area contributed by atoms with Crippen molar-refractivity contribution in [3.8, 4) is 0 Å². The summed E-state index contributed by atoms with van der Waals surface area (Å²) >= 11 is 0. The van der Waals surface area contributed by atoms with Gasteiger partial charge in [-0.1, -0.05) is 24.6 Å². The van der Waals surface area contributed by atoms with Crippen molar-refractivity contribution in [1.29, 1.82) is 0 Å². The van der Waals surface area contributed by atoms with Gasteiger partial charge in [0.15, 0.2) is 0 Å². The van der Waals surface area contributed by atoms with E-state index in [1.165, 1.54) is 12.1 Å². The molecule has 1 aromatic rings. The molecule has 1 heterocycles. The molecule has 0 aromatic heterocycles. The van der Waals surface area contributed by atoms with Gasteiger partial charge >= 0.3 is 6.18 Å². The molecule has 1 aliphatic heterocycles. The van der Waals surface area contributed by atoms with E-state index < -0.39 is 23.7 Å². The van der Waals surface area contributed by atoms with Crippen LogP contribution in [0.25, 0.3) is 0 Å². The summed E-state index contributed by atoms with van der Waals surface area (Å²) in [4.78, 5) is 12.6. The van der Waals surface area contributed by atoms with Gasteiger partial charge in [-0.15, -0.1) is 0 Å². The normalized spacial score (nSPS) is 30.1. The number of fused-ring (bicyclic) bond motifs is 1. The zero-order valence-electron chi connectivity index (χ0n) is 13.5. The van der Waals surface area contributed by atoms with Gasteiger partial charge in [0.1, 0.15) is 0 Å². The van der Waals surface area contributed by atoms with Crippen LogP contribution in [0, 0.1) is 18.8 Å². The number of carbonyl (C=O) groups excluding carboxylic acids is 1. The Morgan fingerprint density at radius 1 is 1.33 bits per heavy atom. The summed E-state index contributed by atoms with van der Waals surface area (Å²) in [5.41, 5.74) is -2.07. The van der Waals surface area contributed by atoms with E-state index >= 15 is 0 Å². The lowest BCUT2D eigenvalue weighted by atomic mass is 9.76.